The molecule has 0 radical (unpaired) electrons. The Kier molecular flexibility index (Phi) is 4.07. The van der Waals surface area contributed by atoms with Crippen LogP contribution in [-0.4, -0.2) is 21.9 Å². The Morgan fingerprint density at radius 1 is 1.05 bits per heavy atom. The molecule has 0 atom stereocenters. The highest BCUT2D eigenvalue weighted by molar-refractivity contribution is 5.61. The normalized spacial score (nSPS) is 11.0. The van der Waals surface area contributed by atoms with Crippen LogP contribution < -0.4 is 0 Å². The number of nitrogens with zero attached hydrogens (tertiary/aromatic N) is 3. The van der Waals surface area contributed by atoms with E-state index in [-0.39, 0.29) is 0 Å². The smallest absolute Gasteiger partial charge is 0.134 e. The summed E-state index contributed by atoms with van der Waals surface area (Å²) < 4.78 is 5.52. The van der Waals surface area contributed by atoms with Crippen LogP contribution in [0.1, 0.15) is 11.3 Å². The van der Waals surface area contributed by atoms with Gasteiger partial charge in [-0.05, 0) is 24.7 Å². The van der Waals surface area contributed by atoms with Gasteiger partial charge in [0.1, 0.15) is 5.76 Å². The summed E-state index contributed by atoms with van der Waals surface area (Å²) in [7, 11) is 2.08. The van der Waals surface area contributed by atoms with Gasteiger partial charge in [-0.1, -0.05) is 24.3 Å². The largest absolute Gasteiger partial charge is 0.464 e. The second-order valence-electron chi connectivity index (χ2n) is 5.00. The fraction of sp³-hybridized carbons (Fsp3) is 0.176. The van der Waals surface area contributed by atoms with Crippen molar-refractivity contribution in [3.05, 3.63) is 72.5 Å². The van der Waals surface area contributed by atoms with Crippen molar-refractivity contribution in [1.82, 2.24) is 14.9 Å². The fourth-order valence-electron chi connectivity index (χ4n) is 2.37. The summed E-state index contributed by atoms with van der Waals surface area (Å²) in [6.07, 6.45) is 6.92. The van der Waals surface area contributed by atoms with Gasteiger partial charge in [0.25, 0.3) is 0 Å². The molecule has 0 N–H and O–H groups in total. The molecule has 0 fully saturated rings. The molecule has 2 heterocycles. The molecular formula is C17H17N3O. The molecule has 0 bridgehead atoms. The number of rotatable bonds is 5. The van der Waals surface area contributed by atoms with Crippen LogP contribution >= 0.6 is 0 Å². The third-order valence-electron chi connectivity index (χ3n) is 3.29. The lowest BCUT2D eigenvalue weighted by Crippen LogP contribution is -2.18. The van der Waals surface area contributed by atoms with Gasteiger partial charge in [0.2, 0.25) is 0 Å². The molecule has 0 aliphatic rings. The van der Waals surface area contributed by atoms with Gasteiger partial charge in [-0.15, -0.1) is 0 Å². The van der Waals surface area contributed by atoms with Crippen molar-refractivity contribution in [3.63, 3.8) is 0 Å². The molecule has 2 aromatic heterocycles. The first kappa shape index (κ1) is 13.5. The Balaban J connectivity index is 1.76. The highest BCUT2D eigenvalue weighted by atomic mass is 16.3. The Morgan fingerprint density at radius 3 is 2.71 bits per heavy atom. The molecule has 4 heteroatoms. The third-order valence-corrected chi connectivity index (χ3v) is 3.29. The molecule has 1 aromatic carbocycles. The fourth-order valence-corrected chi connectivity index (χ4v) is 2.37. The lowest BCUT2D eigenvalue weighted by atomic mass is 10.0. The highest BCUT2D eigenvalue weighted by Crippen LogP contribution is 2.25. The van der Waals surface area contributed by atoms with E-state index in [4.69, 9.17) is 4.42 Å². The first-order valence-corrected chi connectivity index (χ1v) is 6.88. The van der Waals surface area contributed by atoms with E-state index in [0.29, 0.717) is 0 Å². The van der Waals surface area contributed by atoms with Gasteiger partial charge in [0.05, 0.1) is 12.0 Å². The molecule has 0 saturated carbocycles. The minimum Gasteiger partial charge on any atom is -0.464 e. The molecule has 0 unspecified atom stereocenters. The first-order chi connectivity index (χ1) is 10.3. The van der Waals surface area contributed by atoms with E-state index in [0.717, 1.165) is 30.1 Å². The van der Waals surface area contributed by atoms with Crippen LogP contribution in [0.3, 0.4) is 0 Å². The van der Waals surface area contributed by atoms with E-state index >= 15 is 0 Å². The number of aromatic nitrogens is 2. The van der Waals surface area contributed by atoms with Crippen LogP contribution in [0.4, 0.5) is 0 Å². The SMILES string of the molecule is CN(Cc1cnccn1)Cc1ccccc1-c1ccco1. The van der Waals surface area contributed by atoms with Crippen molar-refractivity contribution >= 4 is 0 Å². The van der Waals surface area contributed by atoms with Crippen molar-refractivity contribution in [2.75, 3.05) is 7.05 Å². The van der Waals surface area contributed by atoms with Gasteiger partial charge >= 0.3 is 0 Å². The van der Waals surface area contributed by atoms with Gasteiger partial charge in [0, 0.05) is 37.2 Å². The van der Waals surface area contributed by atoms with Crippen LogP contribution in [0, 0.1) is 0 Å². The third kappa shape index (κ3) is 3.35. The number of hydrogen-bond acceptors (Lipinski definition) is 4. The van der Waals surface area contributed by atoms with Crippen LogP contribution in [0.2, 0.25) is 0 Å². The van der Waals surface area contributed by atoms with Crippen LogP contribution in [-0.2, 0) is 13.1 Å². The minimum atomic E-state index is 0.764. The van der Waals surface area contributed by atoms with Crippen LogP contribution in [0.5, 0.6) is 0 Å². The van der Waals surface area contributed by atoms with E-state index < -0.39 is 0 Å². The number of furan rings is 1. The second-order valence-corrected chi connectivity index (χ2v) is 5.00. The zero-order valence-corrected chi connectivity index (χ0v) is 11.9. The quantitative estimate of drug-likeness (QED) is 0.718. The molecule has 106 valence electrons. The summed E-state index contributed by atoms with van der Waals surface area (Å²) >= 11 is 0. The Bertz CT molecular complexity index is 680. The highest BCUT2D eigenvalue weighted by Gasteiger charge is 2.09. The first-order valence-electron chi connectivity index (χ1n) is 6.88. The summed E-state index contributed by atoms with van der Waals surface area (Å²) in [6.45, 7) is 1.59. The van der Waals surface area contributed by atoms with E-state index in [1.807, 2.05) is 18.2 Å². The predicted octanol–water partition coefficient (Wildman–Crippen LogP) is 3.37. The summed E-state index contributed by atoms with van der Waals surface area (Å²) in [5.41, 5.74) is 3.34. The average Bonchev–Trinajstić information content (AvgIpc) is 3.03. The zero-order chi connectivity index (χ0) is 14.5. The monoisotopic (exact) mass is 279 g/mol. The van der Waals surface area contributed by atoms with Crippen molar-refractivity contribution < 1.29 is 4.42 Å². The van der Waals surface area contributed by atoms with Gasteiger partial charge < -0.3 is 4.42 Å². The summed E-state index contributed by atoms with van der Waals surface area (Å²) in [4.78, 5) is 10.6. The Labute approximate surface area is 124 Å². The standard InChI is InChI=1S/C17H17N3O/c1-20(13-15-11-18-8-9-19-15)12-14-5-2-3-6-16(14)17-7-4-10-21-17/h2-11H,12-13H2,1H3. The minimum absolute atomic E-state index is 0.764. The molecule has 0 saturated heterocycles. The summed E-state index contributed by atoms with van der Waals surface area (Å²) in [5, 5.41) is 0. The predicted molar refractivity (Wildman–Crippen MR) is 81.3 cm³/mol. The maximum atomic E-state index is 5.52. The van der Waals surface area contributed by atoms with Gasteiger partial charge in [-0.25, -0.2) is 0 Å². The van der Waals surface area contributed by atoms with E-state index in [1.165, 1.54) is 5.56 Å². The second kappa shape index (κ2) is 6.33. The summed E-state index contributed by atoms with van der Waals surface area (Å²) in [5.74, 6) is 0.901. The van der Waals surface area contributed by atoms with E-state index in [9.17, 15) is 0 Å². The summed E-state index contributed by atoms with van der Waals surface area (Å²) in [6, 6.07) is 12.2. The van der Waals surface area contributed by atoms with Crippen molar-refractivity contribution in [2.24, 2.45) is 0 Å². The molecule has 4 nitrogen and oxygen atoms in total. The topological polar surface area (TPSA) is 42.2 Å². The molecule has 0 amide bonds. The number of benzene rings is 1. The molecule has 3 rings (SSSR count). The molecular weight excluding hydrogens is 262 g/mol. The maximum absolute atomic E-state index is 5.52. The molecule has 0 aliphatic heterocycles. The van der Waals surface area contributed by atoms with Crippen molar-refractivity contribution in [3.8, 4) is 11.3 Å². The van der Waals surface area contributed by atoms with Gasteiger partial charge in [-0.3, -0.25) is 14.9 Å². The zero-order valence-electron chi connectivity index (χ0n) is 11.9. The average molecular weight is 279 g/mol. The number of hydrogen-bond donors (Lipinski definition) is 0. The van der Waals surface area contributed by atoms with Gasteiger partial charge in [-0.2, -0.15) is 0 Å². The van der Waals surface area contributed by atoms with Gasteiger partial charge in [0.15, 0.2) is 0 Å². The lowest BCUT2D eigenvalue weighted by Gasteiger charge is -2.17. The molecule has 0 aliphatic carbocycles. The molecule has 0 spiro atoms. The Morgan fingerprint density at radius 2 is 1.95 bits per heavy atom. The lowest BCUT2D eigenvalue weighted by molar-refractivity contribution is 0.315. The van der Waals surface area contributed by atoms with E-state index in [1.54, 1.807) is 24.9 Å². The molecule has 21 heavy (non-hydrogen) atoms. The van der Waals surface area contributed by atoms with E-state index in [2.05, 4.69) is 40.1 Å². The molecule has 3 aromatic rings. The van der Waals surface area contributed by atoms with Crippen molar-refractivity contribution in [2.45, 2.75) is 13.1 Å². The van der Waals surface area contributed by atoms with Crippen LogP contribution in [0.15, 0.2) is 65.7 Å². The Hall–Kier alpha value is -2.46. The van der Waals surface area contributed by atoms with Crippen molar-refractivity contribution in [1.29, 1.82) is 0 Å². The van der Waals surface area contributed by atoms with Crippen LogP contribution in [0.25, 0.3) is 11.3 Å². The maximum Gasteiger partial charge on any atom is 0.134 e.